The minimum Gasteiger partial charge on any atom is -0.487 e. The minimum atomic E-state index is -0.400. The maximum Gasteiger partial charge on any atom is 0.311 e. The van der Waals surface area contributed by atoms with Gasteiger partial charge in [-0.15, -0.1) is 0 Å². The van der Waals surface area contributed by atoms with E-state index in [4.69, 9.17) is 10.5 Å². The van der Waals surface area contributed by atoms with Gasteiger partial charge in [-0.05, 0) is 45.2 Å². The first-order valence-corrected chi connectivity index (χ1v) is 7.55. The summed E-state index contributed by atoms with van der Waals surface area (Å²) in [5.41, 5.74) is 6.71. The van der Waals surface area contributed by atoms with Crippen molar-refractivity contribution in [2.24, 2.45) is 5.73 Å². The van der Waals surface area contributed by atoms with E-state index in [1.165, 1.54) is 12.5 Å². The molecular formula is C15H23N3O3. The van der Waals surface area contributed by atoms with E-state index in [0.717, 1.165) is 31.5 Å². The third-order valence-electron chi connectivity index (χ3n) is 3.90. The number of nitro groups is 1. The molecule has 2 rings (SSSR count). The summed E-state index contributed by atoms with van der Waals surface area (Å²) in [6, 6.07) is 5.56. The fraction of sp³-hybridized carbons (Fsp3) is 0.600. The number of rotatable bonds is 6. The lowest BCUT2D eigenvalue weighted by molar-refractivity contribution is -0.385. The second-order valence-corrected chi connectivity index (χ2v) is 5.26. The first kappa shape index (κ1) is 15.6. The maximum atomic E-state index is 11.0. The number of nitrogens with two attached hydrogens (primary N) is 1. The third kappa shape index (κ3) is 3.64. The van der Waals surface area contributed by atoms with E-state index < -0.39 is 4.92 Å². The molecule has 1 saturated heterocycles. The Morgan fingerprint density at radius 3 is 2.95 bits per heavy atom. The molecule has 1 heterocycles. The lowest BCUT2D eigenvalue weighted by Gasteiger charge is -2.37. The molecule has 2 N–H and O–H groups in total. The molecule has 116 valence electrons. The molecule has 0 aliphatic carbocycles. The number of nitrogens with zero attached hydrogens (tertiary/aromatic N) is 2. The molecule has 6 heteroatoms. The average molecular weight is 293 g/mol. The van der Waals surface area contributed by atoms with Crippen LogP contribution in [0.2, 0.25) is 0 Å². The molecule has 0 amide bonds. The zero-order valence-electron chi connectivity index (χ0n) is 12.5. The Morgan fingerprint density at radius 1 is 1.48 bits per heavy atom. The third-order valence-corrected chi connectivity index (χ3v) is 3.90. The van der Waals surface area contributed by atoms with E-state index in [1.807, 2.05) is 13.0 Å². The Bertz CT molecular complexity index is 491. The molecule has 1 aromatic carbocycles. The summed E-state index contributed by atoms with van der Waals surface area (Å²) < 4.78 is 5.43. The highest BCUT2D eigenvalue weighted by molar-refractivity contribution is 5.60. The zero-order valence-corrected chi connectivity index (χ0v) is 12.5. The molecule has 1 unspecified atom stereocenters. The molecule has 0 radical (unpaired) electrons. The lowest BCUT2D eigenvalue weighted by atomic mass is 9.98. The Labute approximate surface area is 125 Å². The quantitative estimate of drug-likeness (QED) is 0.644. The Hall–Kier alpha value is -1.82. The smallest absolute Gasteiger partial charge is 0.311 e. The summed E-state index contributed by atoms with van der Waals surface area (Å²) in [4.78, 5) is 13.0. The SMILES string of the molecule is CCOc1cc(N2CCCCC2CCN)ccc1[N+](=O)[O-]. The fourth-order valence-corrected chi connectivity index (χ4v) is 2.94. The summed E-state index contributed by atoms with van der Waals surface area (Å²) >= 11 is 0. The largest absolute Gasteiger partial charge is 0.487 e. The molecule has 0 bridgehead atoms. The molecule has 1 aliphatic rings. The van der Waals surface area contributed by atoms with Gasteiger partial charge in [0, 0.05) is 30.4 Å². The van der Waals surface area contributed by atoms with Gasteiger partial charge < -0.3 is 15.4 Å². The van der Waals surface area contributed by atoms with E-state index in [1.54, 1.807) is 6.07 Å². The molecule has 0 saturated carbocycles. The van der Waals surface area contributed by atoms with Crippen LogP contribution >= 0.6 is 0 Å². The van der Waals surface area contributed by atoms with E-state index in [-0.39, 0.29) is 5.69 Å². The van der Waals surface area contributed by atoms with Gasteiger partial charge in [0.1, 0.15) is 0 Å². The van der Waals surface area contributed by atoms with Crippen LogP contribution in [0.15, 0.2) is 18.2 Å². The normalized spacial score (nSPS) is 18.6. The van der Waals surface area contributed by atoms with Crippen molar-refractivity contribution in [1.82, 2.24) is 0 Å². The number of benzene rings is 1. The molecule has 1 aliphatic heterocycles. The number of anilines is 1. The minimum absolute atomic E-state index is 0.0213. The van der Waals surface area contributed by atoms with Crippen LogP contribution in [-0.2, 0) is 0 Å². The van der Waals surface area contributed by atoms with Crippen molar-refractivity contribution in [3.8, 4) is 5.75 Å². The Morgan fingerprint density at radius 2 is 2.29 bits per heavy atom. The van der Waals surface area contributed by atoms with Gasteiger partial charge in [0.05, 0.1) is 11.5 Å². The first-order chi connectivity index (χ1) is 10.2. The lowest BCUT2D eigenvalue weighted by Crippen LogP contribution is -2.40. The van der Waals surface area contributed by atoms with Crippen LogP contribution in [0, 0.1) is 10.1 Å². The van der Waals surface area contributed by atoms with E-state index in [2.05, 4.69) is 4.90 Å². The Kier molecular flexibility index (Phi) is 5.38. The van der Waals surface area contributed by atoms with Gasteiger partial charge in [0.25, 0.3) is 0 Å². The van der Waals surface area contributed by atoms with Gasteiger partial charge in [-0.3, -0.25) is 10.1 Å². The first-order valence-electron chi connectivity index (χ1n) is 7.55. The molecule has 21 heavy (non-hydrogen) atoms. The Balaban J connectivity index is 2.29. The van der Waals surface area contributed by atoms with Crippen LogP contribution in [0.4, 0.5) is 11.4 Å². The molecule has 1 fully saturated rings. The van der Waals surface area contributed by atoms with Crippen molar-refractivity contribution in [2.45, 2.75) is 38.6 Å². The van der Waals surface area contributed by atoms with E-state index in [0.29, 0.717) is 24.9 Å². The summed E-state index contributed by atoms with van der Waals surface area (Å²) in [7, 11) is 0. The van der Waals surface area contributed by atoms with Crippen LogP contribution < -0.4 is 15.4 Å². The van der Waals surface area contributed by atoms with Crippen molar-refractivity contribution in [3.05, 3.63) is 28.3 Å². The van der Waals surface area contributed by atoms with Crippen molar-refractivity contribution >= 4 is 11.4 Å². The molecule has 1 atom stereocenters. The highest BCUT2D eigenvalue weighted by atomic mass is 16.6. The number of piperidine rings is 1. The average Bonchev–Trinajstić information content (AvgIpc) is 2.48. The zero-order chi connectivity index (χ0) is 15.2. The second-order valence-electron chi connectivity index (χ2n) is 5.26. The van der Waals surface area contributed by atoms with Crippen LogP contribution in [0.3, 0.4) is 0 Å². The van der Waals surface area contributed by atoms with E-state index in [9.17, 15) is 10.1 Å². The monoisotopic (exact) mass is 293 g/mol. The van der Waals surface area contributed by atoms with Crippen molar-refractivity contribution < 1.29 is 9.66 Å². The number of hydrogen-bond acceptors (Lipinski definition) is 5. The van der Waals surface area contributed by atoms with Gasteiger partial charge in [-0.25, -0.2) is 0 Å². The van der Waals surface area contributed by atoms with Crippen molar-refractivity contribution in [1.29, 1.82) is 0 Å². The number of hydrogen-bond donors (Lipinski definition) is 1. The predicted molar refractivity (Wildman–Crippen MR) is 82.9 cm³/mol. The standard InChI is InChI=1S/C15H23N3O3/c1-2-21-15-11-13(6-7-14(15)18(19)20)17-10-4-3-5-12(17)8-9-16/h6-7,11-12H,2-5,8-10,16H2,1H3. The highest BCUT2D eigenvalue weighted by Gasteiger charge is 2.24. The second kappa shape index (κ2) is 7.26. The van der Waals surface area contributed by atoms with E-state index >= 15 is 0 Å². The number of ether oxygens (including phenoxy) is 1. The van der Waals surface area contributed by atoms with Crippen LogP contribution in [0.5, 0.6) is 5.75 Å². The summed E-state index contributed by atoms with van der Waals surface area (Å²) in [5, 5.41) is 11.0. The maximum absolute atomic E-state index is 11.0. The summed E-state index contributed by atoms with van der Waals surface area (Å²) in [6.45, 7) is 3.87. The highest BCUT2D eigenvalue weighted by Crippen LogP contribution is 2.34. The van der Waals surface area contributed by atoms with Crippen molar-refractivity contribution in [3.63, 3.8) is 0 Å². The summed E-state index contributed by atoms with van der Waals surface area (Å²) in [5.74, 6) is 0.345. The van der Waals surface area contributed by atoms with Crippen molar-refractivity contribution in [2.75, 3.05) is 24.6 Å². The van der Waals surface area contributed by atoms with Gasteiger partial charge in [-0.2, -0.15) is 0 Å². The van der Waals surface area contributed by atoms with Gasteiger partial charge in [0.2, 0.25) is 0 Å². The van der Waals surface area contributed by atoms with Gasteiger partial charge >= 0.3 is 5.69 Å². The molecular weight excluding hydrogens is 270 g/mol. The van der Waals surface area contributed by atoms with Crippen LogP contribution in [-0.4, -0.2) is 30.7 Å². The molecule has 0 spiro atoms. The molecule has 1 aromatic rings. The summed E-state index contributed by atoms with van der Waals surface area (Å²) in [6.07, 6.45) is 4.42. The topological polar surface area (TPSA) is 81.6 Å². The molecule has 0 aromatic heterocycles. The van der Waals surface area contributed by atoms with Gasteiger partial charge in [0.15, 0.2) is 5.75 Å². The van der Waals surface area contributed by atoms with Crippen LogP contribution in [0.25, 0.3) is 0 Å². The number of nitro benzene ring substituents is 1. The van der Waals surface area contributed by atoms with Crippen LogP contribution in [0.1, 0.15) is 32.6 Å². The van der Waals surface area contributed by atoms with Gasteiger partial charge in [-0.1, -0.05) is 0 Å². The fourth-order valence-electron chi connectivity index (χ4n) is 2.94. The predicted octanol–water partition coefficient (Wildman–Crippen LogP) is 2.70. The molecule has 6 nitrogen and oxygen atoms in total.